The van der Waals surface area contributed by atoms with Crippen molar-refractivity contribution < 1.29 is 9.47 Å². The first-order chi connectivity index (χ1) is 14.3. The molecule has 0 saturated heterocycles. The van der Waals surface area contributed by atoms with Gasteiger partial charge in [0.2, 0.25) is 5.95 Å². The van der Waals surface area contributed by atoms with E-state index in [0.29, 0.717) is 19.2 Å². The zero-order valence-electron chi connectivity index (χ0n) is 16.4. The van der Waals surface area contributed by atoms with Crippen molar-refractivity contribution in [3.05, 3.63) is 42.9 Å². The third-order valence-electron chi connectivity index (χ3n) is 4.31. The molecule has 10 nitrogen and oxygen atoms in total. The highest BCUT2D eigenvalue weighted by molar-refractivity contribution is 5.76. The Bertz CT molecular complexity index is 944. The van der Waals surface area contributed by atoms with E-state index in [1.807, 2.05) is 47.1 Å². The molecule has 0 atom stereocenters. The third kappa shape index (κ3) is 4.39. The molecule has 0 amide bonds. The van der Waals surface area contributed by atoms with Crippen molar-refractivity contribution in [2.45, 2.75) is 19.9 Å². The molecule has 10 heteroatoms. The fourth-order valence-corrected chi connectivity index (χ4v) is 2.96. The topological polar surface area (TPSA) is 101 Å². The van der Waals surface area contributed by atoms with Crippen molar-refractivity contribution in [3.8, 4) is 5.75 Å². The number of fused-ring (bicyclic) bond motifs is 1. The van der Waals surface area contributed by atoms with Crippen LogP contribution in [0.1, 0.15) is 13.3 Å². The summed E-state index contributed by atoms with van der Waals surface area (Å²) in [5.41, 5.74) is 8.72. The molecule has 0 fully saturated rings. The predicted molar refractivity (Wildman–Crippen MR) is 111 cm³/mol. The Kier molecular flexibility index (Phi) is 5.73. The molecule has 2 aromatic heterocycles. The monoisotopic (exact) mass is 396 g/mol. The Hall–Kier alpha value is -3.37. The lowest BCUT2D eigenvalue weighted by Gasteiger charge is -2.17. The molecule has 4 rings (SSSR count). The maximum absolute atomic E-state index is 5.51. The minimum absolute atomic E-state index is 0.488. The van der Waals surface area contributed by atoms with Gasteiger partial charge in [-0.05, 0) is 37.6 Å². The van der Waals surface area contributed by atoms with Crippen LogP contribution in [0.2, 0.25) is 0 Å². The van der Waals surface area contributed by atoms with Gasteiger partial charge < -0.3 is 14.8 Å². The summed E-state index contributed by atoms with van der Waals surface area (Å²) >= 11 is 0. The molecule has 0 bridgehead atoms. The first kappa shape index (κ1) is 19.0. The van der Waals surface area contributed by atoms with Crippen molar-refractivity contribution >= 4 is 28.8 Å². The fourth-order valence-electron chi connectivity index (χ4n) is 2.96. The number of hydrogen-bond donors (Lipinski definition) is 3. The quantitative estimate of drug-likeness (QED) is 0.471. The first-order valence-electron chi connectivity index (χ1n) is 9.47. The fraction of sp³-hybridized carbons (Fsp3) is 0.316. The van der Waals surface area contributed by atoms with E-state index in [0.717, 1.165) is 41.6 Å². The molecule has 0 saturated carbocycles. The lowest BCUT2D eigenvalue weighted by molar-refractivity contribution is 0.189. The normalized spacial score (nSPS) is 12.6. The Morgan fingerprint density at radius 2 is 2.03 bits per heavy atom. The summed E-state index contributed by atoms with van der Waals surface area (Å²) in [5, 5.41) is 9.40. The molecule has 1 aliphatic heterocycles. The SMILES string of the molecule is CCOc1ccc(N2NNc3cnc(Nc4cnn(CCCOC)c4)nc32)cc1. The van der Waals surface area contributed by atoms with Gasteiger partial charge in [0, 0.05) is 26.5 Å². The molecule has 152 valence electrons. The van der Waals surface area contributed by atoms with Crippen molar-refractivity contribution in [2.24, 2.45) is 0 Å². The van der Waals surface area contributed by atoms with Crippen molar-refractivity contribution in [2.75, 3.05) is 36.1 Å². The van der Waals surface area contributed by atoms with E-state index >= 15 is 0 Å². The number of aryl methyl sites for hydroxylation is 1. The van der Waals surface area contributed by atoms with Gasteiger partial charge in [0.1, 0.15) is 11.4 Å². The summed E-state index contributed by atoms with van der Waals surface area (Å²) < 4.78 is 12.4. The molecule has 1 aliphatic rings. The number of ether oxygens (including phenoxy) is 2. The van der Waals surface area contributed by atoms with Crippen LogP contribution in [0, 0.1) is 0 Å². The number of anilines is 5. The summed E-state index contributed by atoms with van der Waals surface area (Å²) in [6.45, 7) is 4.10. The van der Waals surface area contributed by atoms with Crippen LogP contribution in [-0.4, -0.2) is 40.1 Å². The Morgan fingerprint density at radius 1 is 1.17 bits per heavy atom. The molecule has 0 aliphatic carbocycles. The number of methoxy groups -OCH3 is 1. The molecule has 3 aromatic rings. The number of benzene rings is 1. The molecule has 0 radical (unpaired) electrons. The van der Waals surface area contributed by atoms with Crippen LogP contribution in [0.4, 0.5) is 28.8 Å². The van der Waals surface area contributed by atoms with Gasteiger partial charge in [0.15, 0.2) is 5.82 Å². The average molecular weight is 396 g/mol. The summed E-state index contributed by atoms with van der Waals surface area (Å²) in [5.74, 6) is 2.04. The maximum atomic E-state index is 5.51. The summed E-state index contributed by atoms with van der Waals surface area (Å²) in [6.07, 6.45) is 6.31. The van der Waals surface area contributed by atoms with Crippen LogP contribution >= 0.6 is 0 Å². The van der Waals surface area contributed by atoms with Crippen LogP contribution in [-0.2, 0) is 11.3 Å². The zero-order valence-corrected chi connectivity index (χ0v) is 16.4. The van der Waals surface area contributed by atoms with Crippen molar-refractivity contribution in [1.29, 1.82) is 0 Å². The second-order valence-electron chi connectivity index (χ2n) is 6.39. The van der Waals surface area contributed by atoms with Crippen molar-refractivity contribution in [1.82, 2.24) is 25.3 Å². The number of hydrogen-bond acceptors (Lipinski definition) is 9. The van der Waals surface area contributed by atoms with Gasteiger partial charge in [-0.15, -0.1) is 5.53 Å². The van der Waals surface area contributed by atoms with Crippen LogP contribution in [0.15, 0.2) is 42.9 Å². The Labute approximate surface area is 168 Å². The van der Waals surface area contributed by atoms with Crippen LogP contribution in [0.25, 0.3) is 0 Å². The highest BCUT2D eigenvalue weighted by Gasteiger charge is 2.23. The molecular formula is C19H24N8O2. The molecule has 3 heterocycles. The average Bonchev–Trinajstić information content (AvgIpc) is 3.36. The third-order valence-corrected chi connectivity index (χ3v) is 4.31. The second-order valence-corrected chi connectivity index (χ2v) is 6.39. The van der Waals surface area contributed by atoms with Gasteiger partial charge >= 0.3 is 0 Å². The molecule has 29 heavy (non-hydrogen) atoms. The van der Waals surface area contributed by atoms with E-state index < -0.39 is 0 Å². The zero-order chi connectivity index (χ0) is 20.1. The minimum Gasteiger partial charge on any atom is -0.494 e. The van der Waals surface area contributed by atoms with E-state index in [2.05, 4.69) is 31.3 Å². The van der Waals surface area contributed by atoms with Crippen molar-refractivity contribution in [3.63, 3.8) is 0 Å². The molecule has 0 spiro atoms. The highest BCUT2D eigenvalue weighted by Crippen LogP contribution is 2.33. The molecule has 0 unspecified atom stereocenters. The summed E-state index contributed by atoms with van der Waals surface area (Å²) in [4.78, 5) is 9.01. The largest absolute Gasteiger partial charge is 0.494 e. The van der Waals surface area contributed by atoms with Crippen LogP contribution in [0.3, 0.4) is 0 Å². The Balaban J connectivity index is 1.47. The molecule has 1 aromatic carbocycles. The van der Waals surface area contributed by atoms with Gasteiger partial charge in [-0.25, -0.2) is 9.99 Å². The van der Waals surface area contributed by atoms with E-state index in [4.69, 9.17) is 9.47 Å². The van der Waals surface area contributed by atoms with Crippen LogP contribution < -0.4 is 26.0 Å². The van der Waals surface area contributed by atoms with Gasteiger partial charge in [-0.2, -0.15) is 10.1 Å². The van der Waals surface area contributed by atoms with Crippen LogP contribution in [0.5, 0.6) is 5.75 Å². The number of nitrogens with one attached hydrogen (secondary N) is 3. The minimum atomic E-state index is 0.488. The number of rotatable bonds is 9. The van der Waals surface area contributed by atoms with Gasteiger partial charge in [-0.3, -0.25) is 10.1 Å². The van der Waals surface area contributed by atoms with Gasteiger partial charge in [0.25, 0.3) is 0 Å². The van der Waals surface area contributed by atoms with E-state index in [-0.39, 0.29) is 0 Å². The van der Waals surface area contributed by atoms with E-state index in [1.165, 1.54) is 0 Å². The number of aromatic nitrogens is 4. The molecule has 3 N–H and O–H groups in total. The van der Waals surface area contributed by atoms with Gasteiger partial charge in [-0.1, -0.05) is 0 Å². The van der Waals surface area contributed by atoms with E-state index in [1.54, 1.807) is 19.5 Å². The Morgan fingerprint density at radius 3 is 2.83 bits per heavy atom. The van der Waals surface area contributed by atoms with Gasteiger partial charge in [0.05, 0.1) is 30.4 Å². The summed E-state index contributed by atoms with van der Waals surface area (Å²) in [7, 11) is 1.70. The maximum Gasteiger partial charge on any atom is 0.229 e. The van der Waals surface area contributed by atoms with E-state index in [9.17, 15) is 0 Å². The molecular weight excluding hydrogens is 372 g/mol. The number of nitrogens with zero attached hydrogens (tertiary/aromatic N) is 5. The first-order valence-corrected chi connectivity index (χ1v) is 9.47. The lowest BCUT2D eigenvalue weighted by atomic mass is 10.3. The smallest absolute Gasteiger partial charge is 0.229 e. The lowest BCUT2D eigenvalue weighted by Crippen LogP contribution is -2.31. The standard InChI is InChI=1S/C19H24N8O2/c1-3-29-16-7-5-15(6-8-16)27-18-17(24-25-27)12-20-19(23-18)22-14-11-21-26(13-14)9-4-10-28-2/h5-8,11-13,24-25H,3-4,9-10H2,1-2H3,(H,20,22,23). The second kappa shape index (κ2) is 8.76. The highest BCUT2D eigenvalue weighted by atomic mass is 16.5. The summed E-state index contributed by atoms with van der Waals surface area (Å²) in [6, 6.07) is 7.79. The number of hydrazine groups is 2. The predicted octanol–water partition coefficient (Wildman–Crippen LogP) is 2.84.